The summed E-state index contributed by atoms with van der Waals surface area (Å²) in [7, 11) is 0. The van der Waals surface area contributed by atoms with Crippen LogP contribution in [0, 0.1) is 6.92 Å². The van der Waals surface area contributed by atoms with Crippen molar-refractivity contribution >= 4 is 28.3 Å². The van der Waals surface area contributed by atoms with Crippen LogP contribution in [-0.4, -0.2) is 56.0 Å². The van der Waals surface area contributed by atoms with Crippen LogP contribution in [0.25, 0.3) is 10.8 Å². The van der Waals surface area contributed by atoms with Gasteiger partial charge in [0.2, 0.25) is 0 Å². The summed E-state index contributed by atoms with van der Waals surface area (Å²) in [6.45, 7) is 7.83. The van der Waals surface area contributed by atoms with Crippen molar-refractivity contribution in [3.8, 4) is 0 Å². The lowest BCUT2D eigenvalue weighted by atomic mass is 9.94. The van der Waals surface area contributed by atoms with Crippen LogP contribution in [0.1, 0.15) is 32.7 Å². The molecule has 2 heterocycles. The van der Waals surface area contributed by atoms with Crippen LogP contribution in [0.3, 0.4) is 0 Å². The third-order valence-corrected chi connectivity index (χ3v) is 6.61. The topological polar surface area (TPSA) is 45.1 Å². The fourth-order valence-corrected chi connectivity index (χ4v) is 4.93. The average molecular weight is 415 g/mol. The number of hydrogen-bond acceptors (Lipinski definition) is 3. The first-order valence-corrected chi connectivity index (χ1v) is 11.1. The Morgan fingerprint density at radius 1 is 0.871 bits per heavy atom. The number of amides is 2. The molecule has 158 valence electrons. The molecule has 3 aromatic rings. The lowest BCUT2D eigenvalue weighted by Gasteiger charge is -2.34. The minimum Gasteiger partial charge on any atom is -0.360 e. The first kappa shape index (κ1) is 19.8. The summed E-state index contributed by atoms with van der Waals surface area (Å²) in [4.78, 5) is 31.5. The molecule has 0 atom stereocenters. The number of piperazine rings is 1. The van der Waals surface area contributed by atoms with Gasteiger partial charge in [0.05, 0.1) is 32.7 Å². The molecule has 1 saturated heterocycles. The van der Waals surface area contributed by atoms with Crippen molar-refractivity contribution in [2.75, 3.05) is 44.2 Å². The third kappa shape index (κ3) is 3.70. The fourth-order valence-electron chi connectivity index (χ4n) is 4.93. The smallest absolute Gasteiger partial charge is 0.261 e. The third-order valence-electron chi connectivity index (χ3n) is 6.61. The molecule has 3 aromatic carbocycles. The quantitative estimate of drug-likeness (QED) is 0.653. The van der Waals surface area contributed by atoms with E-state index >= 15 is 0 Å². The lowest BCUT2D eigenvalue weighted by Crippen LogP contribution is -3.15. The summed E-state index contributed by atoms with van der Waals surface area (Å²) in [5.41, 5.74) is 3.88. The number of benzene rings is 3. The van der Waals surface area contributed by atoms with Crippen LogP contribution in [0.2, 0.25) is 0 Å². The molecule has 1 N–H and O–H groups in total. The molecule has 0 radical (unpaired) electrons. The van der Waals surface area contributed by atoms with Crippen molar-refractivity contribution in [3.05, 3.63) is 77.4 Å². The zero-order valence-electron chi connectivity index (χ0n) is 17.9. The Morgan fingerprint density at radius 3 is 2.16 bits per heavy atom. The summed E-state index contributed by atoms with van der Waals surface area (Å²) in [6, 6.07) is 20.1. The number of anilines is 1. The summed E-state index contributed by atoms with van der Waals surface area (Å²) in [5, 5.41) is 1.75. The van der Waals surface area contributed by atoms with Gasteiger partial charge in [-0.2, -0.15) is 0 Å². The number of hydrogen-bond donors (Lipinski definition) is 1. The van der Waals surface area contributed by atoms with Gasteiger partial charge in [-0.3, -0.25) is 14.5 Å². The SMILES string of the molecule is Cc1cccc(N2CC[NH+](CCCN3C(=O)c4cccc5cccc(c45)C3=O)CC2)c1. The van der Waals surface area contributed by atoms with Crippen LogP contribution >= 0.6 is 0 Å². The molecule has 5 heteroatoms. The van der Waals surface area contributed by atoms with E-state index in [1.165, 1.54) is 16.2 Å². The summed E-state index contributed by atoms with van der Waals surface area (Å²) in [6.07, 6.45) is 0.829. The molecule has 5 rings (SSSR count). The second kappa shape index (κ2) is 8.16. The molecule has 0 unspecified atom stereocenters. The van der Waals surface area contributed by atoms with E-state index in [-0.39, 0.29) is 11.8 Å². The second-order valence-electron chi connectivity index (χ2n) is 8.65. The molecule has 0 aliphatic carbocycles. The second-order valence-corrected chi connectivity index (χ2v) is 8.65. The molecule has 5 nitrogen and oxygen atoms in total. The van der Waals surface area contributed by atoms with E-state index < -0.39 is 0 Å². The molecule has 0 saturated carbocycles. The van der Waals surface area contributed by atoms with E-state index in [0.717, 1.165) is 49.9 Å². The lowest BCUT2D eigenvalue weighted by molar-refractivity contribution is -0.900. The van der Waals surface area contributed by atoms with Crippen LogP contribution in [-0.2, 0) is 0 Å². The highest BCUT2D eigenvalue weighted by atomic mass is 16.2. The van der Waals surface area contributed by atoms with Gasteiger partial charge in [0.15, 0.2) is 0 Å². The van der Waals surface area contributed by atoms with Gasteiger partial charge in [-0.05, 0) is 42.1 Å². The molecule has 31 heavy (non-hydrogen) atoms. The predicted octanol–water partition coefficient (Wildman–Crippen LogP) is 2.54. The number of nitrogens with zero attached hydrogens (tertiary/aromatic N) is 2. The first-order valence-electron chi connectivity index (χ1n) is 11.1. The Balaban J connectivity index is 1.19. The summed E-state index contributed by atoms with van der Waals surface area (Å²) >= 11 is 0. The van der Waals surface area contributed by atoms with E-state index in [0.29, 0.717) is 17.7 Å². The minimum absolute atomic E-state index is 0.159. The largest absolute Gasteiger partial charge is 0.360 e. The Labute approximate surface area is 182 Å². The highest BCUT2D eigenvalue weighted by Gasteiger charge is 2.32. The van der Waals surface area contributed by atoms with Crippen molar-refractivity contribution in [1.29, 1.82) is 0 Å². The fraction of sp³-hybridized carbons (Fsp3) is 0.308. The summed E-state index contributed by atoms with van der Waals surface area (Å²) in [5.74, 6) is -0.317. The van der Waals surface area contributed by atoms with Gasteiger partial charge in [-0.15, -0.1) is 0 Å². The van der Waals surface area contributed by atoms with Crippen molar-refractivity contribution in [2.24, 2.45) is 0 Å². The van der Waals surface area contributed by atoms with Crippen molar-refractivity contribution in [3.63, 3.8) is 0 Å². The molecular formula is C26H28N3O2+. The van der Waals surface area contributed by atoms with Gasteiger partial charge in [-0.25, -0.2) is 0 Å². The standard InChI is InChI=1S/C26H27N3O2/c1-19-6-2-9-21(18-19)28-16-14-27(15-17-28)12-5-13-29-25(30)22-10-3-7-20-8-4-11-23(24(20)22)26(29)31/h2-4,6-11,18H,5,12-17H2,1H3/p+1. The van der Waals surface area contributed by atoms with E-state index in [1.807, 2.05) is 36.4 Å². The highest BCUT2D eigenvalue weighted by Crippen LogP contribution is 2.29. The van der Waals surface area contributed by atoms with Crippen LogP contribution in [0.4, 0.5) is 5.69 Å². The summed E-state index contributed by atoms with van der Waals surface area (Å²) < 4.78 is 0. The van der Waals surface area contributed by atoms with E-state index in [1.54, 1.807) is 4.90 Å². The Morgan fingerprint density at radius 2 is 1.52 bits per heavy atom. The van der Waals surface area contributed by atoms with Gasteiger partial charge in [0.1, 0.15) is 0 Å². The van der Waals surface area contributed by atoms with E-state index in [4.69, 9.17) is 0 Å². The Bertz CT molecular complexity index is 1100. The minimum atomic E-state index is -0.159. The van der Waals surface area contributed by atoms with Gasteiger partial charge in [-0.1, -0.05) is 36.4 Å². The van der Waals surface area contributed by atoms with Gasteiger partial charge in [0.25, 0.3) is 11.8 Å². The number of carbonyl (C=O) groups is 2. The Kier molecular flexibility index (Phi) is 5.20. The number of nitrogens with one attached hydrogen (secondary N) is 1. The van der Waals surface area contributed by atoms with Crippen molar-refractivity contribution < 1.29 is 14.5 Å². The number of quaternary nitrogens is 1. The molecule has 0 spiro atoms. The molecule has 2 aliphatic rings. The maximum atomic E-state index is 13.0. The first-order chi connectivity index (χ1) is 15.1. The van der Waals surface area contributed by atoms with Gasteiger partial charge >= 0.3 is 0 Å². The molecular weight excluding hydrogens is 386 g/mol. The zero-order valence-corrected chi connectivity index (χ0v) is 17.9. The maximum Gasteiger partial charge on any atom is 0.261 e. The number of rotatable bonds is 5. The highest BCUT2D eigenvalue weighted by molar-refractivity contribution is 6.25. The average Bonchev–Trinajstić information content (AvgIpc) is 2.80. The molecule has 0 aromatic heterocycles. The molecule has 0 bridgehead atoms. The van der Waals surface area contributed by atoms with E-state index in [2.05, 4.69) is 36.1 Å². The van der Waals surface area contributed by atoms with Crippen LogP contribution in [0.5, 0.6) is 0 Å². The number of aryl methyl sites for hydroxylation is 1. The van der Waals surface area contributed by atoms with Crippen molar-refractivity contribution in [2.45, 2.75) is 13.3 Å². The monoisotopic (exact) mass is 414 g/mol. The Hall–Kier alpha value is -3.18. The number of imide groups is 1. The van der Waals surface area contributed by atoms with Crippen LogP contribution in [0.15, 0.2) is 60.7 Å². The molecule has 2 aliphatic heterocycles. The van der Waals surface area contributed by atoms with E-state index in [9.17, 15) is 9.59 Å². The number of carbonyl (C=O) groups excluding carboxylic acids is 2. The van der Waals surface area contributed by atoms with Gasteiger partial charge in [0, 0.05) is 35.2 Å². The van der Waals surface area contributed by atoms with Crippen LogP contribution < -0.4 is 9.80 Å². The molecule has 2 amide bonds. The normalized spacial score (nSPS) is 16.9. The van der Waals surface area contributed by atoms with Gasteiger partial charge < -0.3 is 9.80 Å². The predicted molar refractivity (Wildman–Crippen MR) is 123 cm³/mol. The maximum absolute atomic E-state index is 13.0. The molecule has 1 fully saturated rings. The van der Waals surface area contributed by atoms with Crippen molar-refractivity contribution in [1.82, 2.24) is 4.90 Å². The zero-order chi connectivity index (χ0) is 21.4.